The van der Waals surface area contributed by atoms with Crippen LogP contribution in [0.4, 0.5) is 0 Å². The maximum atomic E-state index is 11.3. The van der Waals surface area contributed by atoms with Crippen LogP contribution in [0, 0.1) is 0 Å². The van der Waals surface area contributed by atoms with E-state index in [1.165, 1.54) is 0 Å². The summed E-state index contributed by atoms with van der Waals surface area (Å²) in [6.45, 7) is 4.71. The molecule has 0 aromatic carbocycles. The lowest BCUT2D eigenvalue weighted by Crippen LogP contribution is -2.36. The summed E-state index contributed by atoms with van der Waals surface area (Å²) in [6.07, 6.45) is -1.06. The molecule has 0 heterocycles. The lowest BCUT2D eigenvalue weighted by Gasteiger charge is -2.18. The van der Waals surface area contributed by atoms with Gasteiger partial charge in [-0.2, -0.15) is 0 Å². The molecule has 0 rings (SSSR count). The van der Waals surface area contributed by atoms with Crippen LogP contribution in [0.2, 0.25) is 0 Å². The molecule has 0 bridgehead atoms. The third-order valence-corrected chi connectivity index (χ3v) is 1.88. The van der Waals surface area contributed by atoms with Gasteiger partial charge in [-0.05, 0) is 0 Å². The number of carbonyl (C=O) groups excluding carboxylic acids is 3. The summed E-state index contributed by atoms with van der Waals surface area (Å²) in [5.41, 5.74) is 0. The molecular weight excluding hydrogens is 272 g/mol. The van der Waals surface area contributed by atoms with Gasteiger partial charge in [0.2, 0.25) is 0 Å². The van der Waals surface area contributed by atoms with Gasteiger partial charge in [0.1, 0.15) is 13.2 Å². The Morgan fingerprint density at radius 2 is 1.50 bits per heavy atom. The van der Waals surface area contributed by atoms with Crippen LogP contribution in [0.1, 0.15) is 0 Å². The predicted molar refractivity (Wildman–Crippen MR) is 65.3 cm³/mol. The molecule has 112 valence electrons. The molecule has 0 saturated carbocycles. The second-order valence-corrected chi connectivity index (χ2v) is 3.43. The van der Waals surface area contributed by atoms with Gasteiger partial charge in [0, 0.05) is 12.2 Å². The van der Waals surface area contributed by atoms with Crippen LogP contribution in [-0.2, 0) is 28.6 Å². The second-order valence-electron chi connectivity index (χ2n) is 3.43. The van der Waals surface area contributed by atoms with E-state index in [1.54, 1.807) is 0 Å². The standard InChI is InChI=1S/C12H16O8/c1-3-10(15)18-6-8(7-19-11(16)4-2)20-12(17)9(14)5-13/h3-4,8-9,13-14H,1-2,5-7H2/t9-/m1/s1. The van der Waals surface area contributed by atoms with E-state index >= 15 is 0 Å². The summed E-state index contributed by atoms with van der Waals surface area (Å²) < 4.78 is 14.0. The Bertz CT molecular complexity index is 352. The molecule has 0 aliphatic carbocycles. The fourth-order valence-electron chi connectivity index (χ4n) is 0.902. The minimum absolute atomic E-state index is 0.404. The largest absolute Gasteiger partial charge is 0.458 e. The zero-order valence-corrected chi connectivity index (χ0v) is 10.7. The van der Waals surface area contributed by atoms with E-state index in [0.717, 1.165) is 12.2 Å². The molecule has 2 N–H and O–H groups in total. The first-order valence-electron chi connectivity index (χ1n) is 5.52. The van der Waals surface area contributed by atoms with Crippen LogP contribution in [0.15, 0.2) is 25.3 Å². The Hall–Kier alpha value is -2.19. The summed E-state index contributed by atoms with van der Waals surface area (Å²) in [4.78, 5) is 33.0. The summed E-state index contributed by atoms with van der Waals surface area (Å²) in [5, 5.41) is 17.6. The monoisotopic (exact) mass is 288 g/mol. The van der Waals surface area contributed by atoms with Crippen LogP contribution >= 0.6 is 0 Å². The van der Waals surface area contributed by atoms with Gasteiger partial charge in [-0.3, -0.25) is 0 Å². The molecular formula is C12H16O8. The van der Waals surface area contributed by atoms with Gasteiger partial charge < -0.3 is 24.4 Å². The fraction of sp³-hybridized carbons (Fsp3) is 0.417. The molecule has 0 fully saturated rings. The molecule has 8 heteroatoms. The van der Waals surface area contributed by atoms with E-state index in [9.17, 15) is 14.4 Å². The molecule has 0 spiro atoms. The third-order valence-electron chi connectivity index (χ3n) is 1.88. The highest BCUT2D eigenvalue weighted by molar-refractivity contribution is 5.81. The lowest BCUT2D eigenvalue weighted by atomic mass is 10.3. The molecule has 0 radical (unpaired) electrons. The Morgan fingerprint density at radius 3 is 1.85 bits per heavy atom. The second kappa shape index (κ2) is 9.70. The van der Waals surface area contributed by atoms with E-state index in [4.69, 9.17) is 14.9 Å². The minimum atomic E-state index is -1.73. The highest BCUT2D eigenvalue weighted by atomic mass is 16.6. The van der Waals surface area contributed by atoms with Crippen molar-refractivity contribution in [1.82, 2.24) is 0 Å². The predicted octanol–water partition coefficient (Wildman–Crippen LogP) is -1.29. The quantitative estimate of drug-likeness (QED) is 0.305. The zero-order valence-electron chi connectivity index (χ0n) is 10.7. The van der Waals surface area contributed by atoms with Gasteiger partial charge in [-0.15, -0.1) is 0 Å². The van der Waals surface area contributed by atoms with Crippen LogP contribution < -0.4 is 0 Å². The van der Waals surface area contributed by atoms with Crippen molar-refractivity contribution in [2.24, 2.45) is 0 Å². The SMILES string of the molecule is C=CC(=O)OCC(COC(=O)C=C)OC(=O)[C@H](O)CO. The normalized spacial score (nSPS) is 11.3. The number of hydrogen-bond acceptors (Lipinski definition) is 8. The van der Waals surface area contributed by atoms with Gasteiger partial charge in [-0.1, -0.05) is 13.2 Å². The number of carbonyl (C=O) groups is 3. The number of hydrogen-bond donors (Lipinski definition) is 2. The van der Waals surface area contributed by atoms with Crippen molar-refractivity contribution in [3.63, 3.8) is 0 Å². The van der Waals surface area contributed by atoms with Crippen LogP contribution in [-0.4, -0.2) is 60.1 Å². The van der Waals surface area contributed by atoms with Crippen LogP contribution in [0.5, 0.6) is 0 Å². The van der Waals surface area contributed by atoms with Crippen molar-refractivity contribution in [2.75, 3.05) is 19.8 Å². The summed E-state index contributed by atoms with van der Waals surface area (Å²) in [5.74, 6) is -2.66. The Kier molecular flexibility index (Phi) is 8.64. The van der Waals surface area contributed by atoms with E-state index in [-0.39, 0.29) is 0 Å². The van der Waals surface area contributed by atoms with Gasteiger partial charge in [-0.25, -0.2) is 14.4 Å². The summed E-state index contributed by atoms with van der Waals surface area (Å²) in [6, 6.07) is 0. The highest BCUT2D eigenvalue weighted by Crippen LogP contribution is 2.00. The molecule has 0 aromatic heterocycles. The van der Waals surface area contributed by atoms with Gasteiger partial charge >= 0.3 is 17.9 Å². The van der Waals surface area contributed by atoms with Crippen LogP contribution in [0.3, 0.4) is 0 Å². The van der Waals surface area contributed by atoms with Gasteiger partial charge in [0.15, 0.2) is 12.2 Å². The first kappa shape index (κ1) is 17.8. The smallest absolute Gasteiger partial charge is 0.337 e. The van der Waals surface area contributed by atoms with Crippen molar-refractivity contribution in [3.8, 4) is 0 Å². The molecule has 0 aromatic rings. The maximum Gasteiger partial charge on any atom is 0.337 e. The number of esters is 3. The Labute approximate surface area is 115 Å². The zero-order chi connectivity index (χ0) is 15.5. The number of ether oxygens (including phenoxy) is 3. The first-order valence-corrected chi connectivity index (χ1v) is 5.52. The van der Waals surface area contributed by atoms with Crippen molar-refractivity contribution in [3.05, 3.63) is 25.3 Å². The van der Waals surface area contributed by atoms with Crippen molar-refractivity contribution in [2.45, 2.75) is 12.2 Å². The van der Waals surface area contributed by atoms with Gasteiger partial charge in [0.25, 0.3) is 0 Å². The molecule has 0 unspecified atom stereocenters. The fourth-order valence-corrected chi connectivity index (χ4v) is 0.902. The molecule has 0 aliphatic heterocycles. The maximum absolute atomic E-state index is 11.3. The number of rotatable bonds is 9. The Morgan fingerprint density at radius 1 is 1.05 bits per heavy atom. The molecule has 0 aliphatic rings. The summed E-state index contributed by atoms with van der Waals surface area (Å²) in [7, 11) is 0. The van der Waals surface area contributed by atoms with E-state index in [0.29, 0.717) is 0 Å². The highest BCUT2D eigenvalue weighted by Gasteiger charge is 2.23. The third kappa shape index (κ3) is 7.29. The van der Waals surface area contributed by atoms with Crippen molar-refractivity contribution in [1.29, 1.82) is 0 Å². The minimum Gasteiger partial charge on any atom is -0.458 e. The number of aliphatic hydroxyl groups is 2. The molecule has 0 saturated heterocycles. The molecule has 1 atom stereocenters. The number of aliphatic hydroxyl groups excluding tert-OH is 2. The first-order chi connectivity index (χ1) is 9.44. The van der Waals surface area contributed by atoms with Crippen molar-refractivity contribution >= 4 is 17.9 Å². The van der Waals surface area contributed by atoms with Crippen LogP contribution in [0.25, 0.3) is 0 Å². The summed E-state index contributed by atoms with van der Waals surface area (Å²) >= 11 is 0. The molecule has 20 heavy (non-hydrogen) atoms. The Balaban J connectivity index is 4.48. The van der Waals surface area contributed by atoms with Gasteiger partial charge in [0.05, 0.1) is 6.61 Å². The van der Waals surface area contributed by atoms with E-state index < -0.39 is 49.9 Å². The molecule has 8 nitrogen and oxygen atoms in total. The van der Waals surface area contributed by atoms with Crippen molar-refractivity contribution < 1.29 is 38.8 Å². The topological polar surface area (TPSA) is 119 Å². The molecule has 0 amide bonds. The average Bonchev–Trinajstić information content (AvgIpc) is 2.47. The lowest BCUT2D eigenvalue weighted by molar-refractivity contribution is -0.172. The average molecular weight is 288 g/mol. The van der Waals surface area contributed by atoms with E-state index in [1.807, 2.05) is 0 Å². The van der Waals surface area contributed by atoms with E-state index in [2.05, 4.69) is 22.6 Å².